The summed E-state index contributed by atoms with van der Waals surface area (Å²) in [4.78, 5) is 19.9. The number of nitrogens with zero attached hydrogens (tertiary/aromatic N) is 3. The fraction of sp³-hybridized carbons (Fsp3) is 0.429. The molecule has 2 aromatic heterocycles. The highest BCUT2D eigenvalue weighted by Gasteiger charge is 2.19. The molecule has 0 bridgehead atoms. The van der Waals surface area contributed by atoms with Crippen LogP contribution in [-0.4, -0.2) is 38.3 Å². The van der Waals surface area contributed by atoms with Crippen molar-refractivity contribution < 1.29 is 14.4 Å². The minimum atomic E-state index is -0.631. The largest absolute Gasteiger partial charge is 0.394 e. The zero-order valence-electron chi connectivity index (χ0n) is 12.0. The lowest BCUT2D eigenvalue weighted by atomic mass is 10.1. The van der Waals surface area contributed by atoms with Gasteiger partial charge in [-0.1, -0.05) is 5.16 Å². The Morgan fingerprint density at radius 2 is 2.10 bits per heavy atom. The van der Waals surface area contributed by atoms with E-state index in [-0.39, 0.29) is 18.9 Å². The van der Waals surface area contributed by atoms with Crippen molar-refractivity contribution in [2.45, 2.75) is 32.2 Å². The van der Waals surface area contributed by atoms with Crippen molar-refractivity contribution in [2.24, 2.45) is 0 Å². The molecule has 0 saturated carbocycles. The third-order valence-corrected chi connectivity index (χ3v) is 2.85. The maximum absolute atomic E-state index is 11.7. The van der Waals surface area contributed by atoms with Crippen LogP contribution in [0.1, 0.15) is 26.2 Å². The molecule has 0 fully saturated rings. The summed E-state index contributed by atoms with van der Waals surface area (Å²) >= 11 is 0. The summed E-state index contributed by atoms with van der Waals surface area (Å²) < 4.78 is 5.12. The highest BCUT2D eigenvalue weighted by Crippen LogP contribution is 2.14. The highest BCUT2D eigenvalue weighted by molar-refractivity contribution is 5.76. The number of carbonyl (C=O) groups excluding carboxylic acids is 1. The van der Waals surface area contributed by atoms with Gasteiger partial charge >= 0.3 is 0 Å². The predicted octanol–water partition coefficient (Wildman–Crippen LogP) is 0.951. The lowest BCUT2D eigenvalue weighted by Gasteiger charge is -2.23. The normalized spacial score (nSPS) is 11.4. The fourth-order valence-electron chi connectivity index (χ4n) is 1.67. The zero-order chi connectivity index (χ0) is 15.3. The van der Waals surface area contributed by atoms with Gasteiger partial charge in [-0.05, 0) is 26.0 Å². The molecule has 2 rings (SSSR count). The molecule has 112 valence electrons. The van der Waals surface area contributed by atoms with E-state index in [0.717, 1.165) is 5.56 Å². The third kappa shape index (κ3) is 4.35. The van der Waals surface area contributed by atoms with Gasteiger partial charge in [-0.3, -0.25) is 9.78 Å². The second kappa shape index (κ2) is 6.45. The first-order valence-electron chi connectivity index (χ1n) is 6.65. The summed E-state index contributed by atoms with van der Waals surface area (Å²) in [5.41, 5.74) is 0.180. The summed E-state index contributed by atoms with van der Waals surface area (Å²) in [6.45, 7) is 3.38. The molecule has 0 aliphatic heterocycles. The smallest absolute Gasteiger partial charge is 0.227 e. The molecule has 0 saturated heterocycles. The summed E-state index contributed by atoms with van der Waals surface area (Å²) in [7, 11) is 0. The molecule has 0 unspecified atom stereocenters. The van der Waals surface area contributed by atoms with Crippen molar-refractivity contribution in [3.8, 4) is 11.4 Å². The van der Waals surface area contributed by atoms with Crippen LogP contribution < -0.4 is 5.32 Å². The van der Waals surface area contributed by atoms with E-state index in [1.165, 1.54) is 0 Å². The van der Waals surface area contributed by atoms with Gasteiger partial charge in [-0.25, -0.2) is 0 Å². The van der Waals surface area contributed by atoms with E-state index in [1.54, 1.807) is 38.4 Å². The molecule has 7 heteroatoms. The number of hydrogen-bond donors (Lipinski definition) is 2. The zero-order valence-corrected chi connectivity index (χ0v) is 12.0. The van der Waals surface area contributed by atoms with Gasteiger partial charge in [0.25, 0.3) is 0 Å². The summed E-state index contributed by atoms with van der Waals surface area (Å²) in [5, 5.41) is 15.7. The molecule has 7 nitrogen and oxygen atoms in total. The molecule has 2 N–H and O–H groups in total. The van der Waals surface area contributed by atoms with Crippen LogP contribution in [0.5, 0.6) is 0 Å². The fourth-order valence-corrected chi connectivity index (χ4v) is 1.67. The molecule has 0 aliphatic carbocycles. The van der Waals surface area contributed by atoms with Crippen LogP contribution in [0.15, 0.2) is 29.0 Å². The van der Waals surface area contributed by atoms with Gasteiger partial charge in [0.1, 0.15) is 0 Å². The van der Waals surface area contributed by atoms with E-state index in [2.05, 4.69) is 20.4 Å². The first-order valence-corrected chi connectivity index (χ1v) is 6.65. The number of aromatic nitrogens is 3. The lowest BCUT2D eigenvalue weighted by Crippen LogP contribution is -2.46. The van der Waals surface area contributed by atoms with Gasteiger partial charge in [0.05, 0.1) is 12.1 Å². The number of amides is 1. The van der Waals surface area contributed by atoms with Gasteiger partial charge in [-0.15, -0.1) is 0 Å². The maximum atomic E-state index is 11.7. The Hall–Kier alpha value is -2.28. The van der Waals surface area contributed by atoms with E-state index >= 15 is 0 Å². The average Bonchev–Trinajstić information content (AvgIpc) is 2.95. The van der Waals surface area contributed by atoms with Crippen molar-refractivity contribution >= 4 is 5.91 Å². The van der Waals surface area contributed by atoms with Crippen molar-refractivity contribution in [2.75, 3.05) is 6.61 Å². The molecule has 0 spiro atoms. The van der Waals surface area contributed by atoms with Crippen LogP contribution in [0.3, 0.4) is 0 Å². The Labute approximate surface area is 122 Å². The van der Waals surface area contributed by atoms with Crippen molar-refractivity contribution in [3.63, 3.8) is 0 Å². The molecular formula is C14H18N4O3. The van der Waals surface area contributed by atoms with Crippen molar-refractivity contribution in [3.05, 3.63) is 30.4 Å². The van der Waals surface area contributed by atoms with Gasteiger partial charge in [0.2, 0.25) is 17.6 Å². The van der Waals surface area contributed by atoms with Crippen LogP contribution in [0, 0.1) is 0 Å². The minimum Gasteiger partial charge on any atom is -0.394 e. The maximum Gasteiger partial charge on any atom is 0.227 e. The number of rotatable bonds is 6. The molecule has 2 heterocycles. The Kier molecular flexibility index (Phi) is 4.64. The Morgan fingerprint density at radius 1 is 1.38 bits per heavy atom. The van der Waals surface area contributed by atoms with E-state index in [9.17, 15) is 4.79 Å². The van der Waals surface area contributed by atoms with Gasteiger partial charge in [0, 0.05) is 30.8 Å². The summed E-state index contributed by atoms with van der Waals surface area (Å²) in [5.74, 6) is 0.708. The predicted molar refractivity (Wildman–Crippen MR) is 75.2 cm³/mol. The number of carbonyl (C=O) groups is 1. The second-order valence-electron chi connectivity index (χ2n) is 5.34. The number of hydrogen-bond acceptors (Lipinski definition) is 6. The summed E-state index contributed by atoms with van der Waals surface area (Å²) in [6, 6.07) is 3.57. The van der Waals surface area contributed by atoms with E-state index in [1.807, 2.05) is 0 Å². The Morgan fingerprint density at radius 3 is 2.76 bits per heavy atom. The quantitative estimate of drug-likeness (QED) is 0.821. The van der Waals surface area contributed by atoms with Gasteiger partial charge in [0.15, 0.2) is 0 Å². The molecular weight excluding hydrogens is 272 g/mol. The number of nitrogens with one attached hydrogen (secondary N) is 1. The molecule has 0 aromatic carbocycles. The minimum absolute atomic E-state index is 0.120. The molecule has 0 radical (unpaired) electrons. The number of aryl methyl sites for hydroxylation is 1. The third-order valence-electron chi connectivity index (χ3n) is 2.85. The first kappa shape index (κ1) is 15.1. The van der Waals surface area contributed by atoms with Crippen molar-refractivity contribution in [1.82, 2.24) is 20.4 Å². The second-order valence-corrected chi connectivity index (χ2v) is 5.34. The average molecular weight is 290 g/mol. The van der Waals surface area contributed by atoms with E-state index in [4.69, 9.17) is 9.63 Å². The topological polar surface area (TPSA) is 101 Å². The Balaban J connectivity index is 1.90. The van der Waals surface area contributed by atoms with Gasteiger partial charge < -0.3 is 14.9 Å². The summed E-state index contributed by atoms with van der Waals surface area (Å²) in [6.07, 6.45) is 3.87. The lowest BCUT2D eigenvalue weighted by molar-refractivity contribution is -0.123. The van der Waals surface area contributed by atoms with Crippen LogP contribution >= 0.6 is 0 Å². The standard InChI is InChI=1S/C14H18N4O3/c1-14(2,9-19)17-11(20)3-4-12-16-13(18-21-12)10-5-7-15-8-6-10/h5-8,19H,3-4,9H2,1-2H3,(H,17,20). The van der Waals surface area contributed by atoms with Crippen LogP contribution in [0.4, 0.5) is 0 Å². The highest BCUT2D eigenvalue weighted by atomic mass is 16.5. The van der Waals surface area contributed by atoms with Crippen LogP contribution in [0.25, 0.3) is 11.4 Å². The van der Waals surface area contributed by atoms with Crippen LogP contribution in [-0.2, 0) is 11.2 Å². The van der Waals surface area contributed by atoms with Crippen LogP contribution in [0.2, 0.25) is 0 Å². The molecule has 2 aromatic rings. The number of aliphatic hydroxyl groups is 1. The molecule has 0 atom stereocenters. The van der Waals surface area contributed by atoms with E-state index < -0.39 is 5.54 Å². The Bertz CT molecular complexity index is 595. The molecule has 1 amide bonds. The monoisotopic (exact) mass is 290 g/mol. The number of aliphatic hydroxyl groups excluding tert-OH is 1. The first-order chi connectivity index (χ1) is 10.00. The SMILES string of the molecule is CC(C)(CO)NC(=O)CCc1nc(-c2ccncc2)no1. The molecule has 0 aliphatic rings. The number of pyridine rings is 1. The van der Waals surface area contributed by atoms with Crippen molar-refractivity contribution in [1.29, 1.82) is 0 Å². The van der Waals surface area contributed by atoms with Gasteiger partial charge in [-0.2, -0.15) is 4.98 Å². The molecule has 21 heavy (non-hydrogen) atoms. The van der Waals surface area contributed by atoms with E-state index in [0.29, 0.717) is 18.1 Å².